The second-order valence-electron chi connectivity index (χ2n) is 4.79. The number of ether oxygens (including phenoxy) is 2. The summed E-state index contributed by atoms with van der Waals surface area (Å²) in [5.74, 6) is 0. The Morgan fingerprint density at radius 3 is 1.65 bits per heavy atom. The van der Waals surface area contributed by atoms with E-state index in [1.807, 2.05) is 0 Å². The topological polar surface area (TPSA) is 99.4 Å². The van der Waals surface area contributed by atoms with E-state index in [1.54, 1.807) is 0 Å². The first-order valence-electron chi connectivity index (χ1n) is 6.76. The van der Waals surface area contributed by atoms with Crippen LogP contribution in [0.2, 0.25) is 0 Å². The highest BCUT2D eigenvalue weighted by molar-refractivity contribution is 5.25. The molecule has 0 fully saturated rings. The number of hydrogen-bond donors (Lipinski definition) is 4. The van der Waals surface area contributed by atoms with Crippen LogP contribution in [-0.2, 0) is 15.7 Å². The van der Waals surface area contributed by atoms with Crippen LogP contribution in [0, 0.1) is 0 Å². The van der Waals surface area contributed by atoms with E-state index in [9.17, 15) is 23.4 Å². The summed E-state index contributed by atoms with van der Waals surface area (Å²) in [6, 6.07) is 3.98. The minimum absolute atomic E-state index is 0.230. The lowest BCUT2D eigenvalue weighted by Gasteiger charge is -2.22. The average Bonchev–Trinajstić information content (AvgIpc) is 2.53. The molecule has 0 aromatic heterocycles. The summed E-state index contributed by atoms with van der Waals surface area (Å²) in [5, 5.41) is 36.0. The molecule has 0 spiro atoms. The highest BCUT2D eigenvalue weighted by Crippen LogP contribution is 2.30. The summed E-state index contributed by atoms with van der Waals surface area (Å²) >= 11 is 0. The van der Waals surface area contributed by atoms with Gasteiger partial charge in [-0.2, -0.15) is 13.2 Å². The SMILES string of the molecule is OCC(O)COC(OCC(O)CO)c1ccc(C(F)(F)F)cc1. The maximum Gasteiger partial charge on any atom is 0.416 e. The molecule has 1 aromatic rings. The third-order valence-corrected chi connectivity index (χ3v) is 2.81. The molecule has 0 bridgehead atoms. The van der Waals surface area contributed by atoms with Gasteiger partial charge in [-0.25, -0.2) is 0 Å². The van der Waals surface area contributed by atoms with Gasteiger partial charge in [0, 0.05) is 5.56 Å². The maximum absolute atomic E-state index is 12.5. The van der Waals surface area contributed by atoms with E-state index in [0.29, 0.717) is 0 Å². The molecule has 132 valence electrons. The summed E-state index contributed by atoms with van der Waals surface area (Å²) in [7, 11) is 0. The Balaban J connectivity index is 2.80. The number of halogens is 3. The Morgan fingerprint density at radius 2 is 1.30 bits per heavy atom. The molecule has 1 rings (SSSR count). The molecule has 0 heterocycles. The van der Waals surface area contributed by atoms with Gasteiger partial charge in [-0.15, -0.1) is 0 Å². The Hall–Kier alpha value is -1.23. The predicted octanol–water partition coefficient (Wildman–Crippen LogP) is 0.444. The Labute approximate surface area is 130 Å². The minimum Gasteiger partial charge on any atom is -0.394 e. The van der Waals surface area contributed by atoms with Crippen molar-refractivity contribution < 1.29 is 43.1 Å². The molecular formula is C14H19F3O6. The van der Waals surface area contributed by atoms with E-state index in [-0.39, 0.29) is 18.8 Å². The molecule has 0 saturated heterocycles. The predicted molar refractivity (Wildman–Crippen MR) is 72.3 cm³/mol. The van der Waals surface area contributed by atoms with Crippen molar-refractivity contribution in [1.29, 1.82) is 0 Å². The van der Waals surface area contributed by atoms with Crippen LogP contribution in [0.4, 0.5) is 13.2 Å². The fourth-order valence-electron chi connectivity index (χ4n) is 1.57. The fraction of sp³-hybridized carbons (Fsp3) is 0.571. The van der Waals surface area contributed by atoms with Crippen LogP contribution in [0.5, 0.6) is 0 Å². The molecule has 9 heteroatoms. The quantitative estimate of drug-likeness (QED) is 0.487. The molecule has 0 aliphatic carbocycles. The lowest BCUT2D eigenvalue weighted by Crippen LogP contribution is -2.25. The molecule has 4 N–H and O–H groups in total. The molecule has 0 saturated carbocycles. The van der Waals surface area contributed by atoms with Gasteiger partial charge in [-0.1, -0.05) is 12.1 Å². The zero-order valence-corrected chi connectivity index (χ0v) is 12.1. The van der Waals surface area contributed by atoms with Crippen molar-refractivity contribution in [2.24, 2.45) is 0 Å². The van der Waals surface area contributed by atoms with Gasteiger partial charge in [-0.3, -0.25) is 0 Å². The fourth-order valence-corrected chi connectivity index (χ4v) is 1.57. The molecule has 0 aliphatic rings. The van der Waals surface area contributed by atoms with E-state index in [0.717, 1.165) is 24.3 Å². The molecule has 2 atom stereocenters. The number of hydrogen-bond acceptors (Lipinski definition) is 6. The van der Waals surface area contributed by atoms with E-state index < -0.39 is 43.5 Å². The first-order chi connectivity index (χ1) is 10.8. The molecule has 1 aromatic carbocycles. The molecule has 23 heavy (non-hydrogen) atoms. The molecular weight excluding hydrogens is 321 g/mol. The van der Waals surface area contributed by atoms with Crippen LogP contribution in [0.25, 0.3) is 0 Å². The second kappa shape index (κ2) is 9.16. The minimum atomic E-state index is -4.48. The van der Waals surface area contributed by atoms with Gasteiger partial charge in [0.1, 0.15) is 12.2 Å². The third-order valence-electron chi connectivity index (χ3n) is 2.81. The number of alkyl halides is 3. The van der Waals surface area contributed by atoms with Crippen molar-refractivity contribution in [3.8, 4) is 0 Å². The van der Waals surface area contributed by atoms with Crippen molar-refractivity contribution in [2.75, 3.05) is 26.4 Å². The standard InChI is InChI=1S/C14H19F3O6/c15-14(16,17)10-3-1-9(2-4-10)13(22-7-11(20)5-18)23-8-12(21)6-19/h1-4,11-13,18-21H,5-8H2. The number of aliphatic hydroxyl groups is 4. The molecule has 0 radical (unpaired) electrons. The smallest absolute Gasteiger partial charge is 0.394 e. The van der Waals surface area contributed by atoms with E-state index >= 15 is 0 Å². The molecule has 0 aliphatic heterocycles. The van der Waals surface area contributed by atoms with Crippen molar-refractivity contribution in [3.63, 3.8) is 0 Å². The summed E-state index contributed by atoms with van der Waals surface area (Å²) < 4.78 is 48.0. The van der Waals surface area contributed by atoms with Gasteiger partial charge in [0.05, 0.1) is 32.0 Å². The summed E-state index contributed by atoms with van der Waals surface area (Å²) in [6.45, 7) is -1.76. The van der Waals surface area contributed by atoms with Crippen LogP contribution < -0.4 is 0 Å². The van der Waals surface area contributed by atoms with Gasteiger partial charge < -0.3 is 29.9 Å². The lowest BCUT2D eigenvalue weighted by molar-refractivity contribution is -0.179. The van der Waals surface area contributed by atoms with Gasteiger partial charge >= 0.3 is 6.18 Å². The zero-order chi connectivity index (χ0) is 17.5. The van der Waals surface area contributed by atoms with Crippen molar-refractivity contribution in [3.05, 3.63) is 35.4 Å². The van der Waals surface area contributed by atoms with E-state index in [4.69, 9.17) is 19.7 Å². The highest BCUT2D eigenvalue weighted by Gasteiger charge is 2.30. The van der Waals surface area contributed by atoms with Crippen LogP contribution >= 0.6 is 0 Å². The number of rotatable bonds is 9. The maximum atomic E-state index is 12.5. The summed E-state index contributed by atoms with van der Waals surface area (Å²) in [4.78, 5) is 0. The van der Waals surface area contributed by atoms with Crippen molar-refractivity contribution >= 4 is 0 Å². The normalized spacial score (nSPS) is 16.1. The zero-order valence-electron chi connectivity index (χ0n) is 12.1. The first kappa shape index (κ1) is 19.8. The second-order valence-corrected chi connectivity index (χ2v) is 4.79. The Bertz CT molecular complexity index is 437. The van der Waals surface area contributed by atoms with E-state index in [2.05, 4.69) is 0 Å². The van der Waals surface area contributed by atoms with Crippen LogP contribution in [0.3, 0.4) is 0 Å². The van der Waals surface area contributed by atoms with Gasteiger partial charge in [-0.05, 0) is 12.1 Å². The van der Waals surface area contributed by atoms with E-state index in [1.165, 1.54) is 0 Å². The van der Waals surface area contributed by atoms with Gasteiger partial charge in [0.2, 0.25) is 0 Å². The van der Waals surface area contributed by atoms with Crippen molar-refractivity contribution in [1.82, 2.24) is 0 Å². The number of aliphatic hydroxyl groups excluding tert-OH is 4. The first-order valence-corrected chi connectivity index (χ1v) is 6.76. The van der Waals surface area contributed by atoms with Crippen LogP contribution in [0.1, 0.15) is 17.4 Å². The number of benzene rings is 1. The lowest BCUT2D eigenvalue weighted by atomic mass is 10.1. The monoisotopic (exact) mass is 340 g/mol. The largest absolute Gasteiger partial charge is 0.416 e. The Kier molecular flexibility index (Phi) is 7.89. The average molecular weight is 340 g/mol. The Morgan fingerprint density at radius 1 is 0.870 bits per heavy atom. The third kappa shape index (κ3) is 6.81. The molecule has 6 nitrogen and oxygen atoms in total. The molecule has 2 unspecified atom stereocenters. The van der Waals surface area contributed by atoms with Gasteiger partial charge in [0.15, 0.2) is 6.29 Å². The van der Waals surface area contributed by atoms with Crippen LogP contribution in [0.15, 0.2) is 24.3 Å². The summed E-state index contributed by atoms with van der Waals surface area (Å²) in [6.07, 6.45) is -8.01. The van der Waals surface area contributed by atoms with Gasteiger partial charge in [0.25, 0.3) is 0 Å². The van der Waals surface area contributed by atoms with Crippen molar-refractivity contribution in [2.45, 2.75) is 24.7 Å². The summed E-state index contributed by atoms with van der Waals surface area (Å²) in [5.41, 5.74) is -0.612. The molecule has 0 amide bonds. The van der Waals surface area contributed by atoms with Crippen LogP contribution in [-0.4, -0.2) is 59.1 Å². The highest BCUT2D eigenvalue weighted by atomic mass is 19.4.